The van der Waals surface area contributed by atoms with E-state index in [4.69, 9.17) is 0 Å². The van der Waals surface area contributed by atoms with Crippen LogP contribution in [-0.2, 0) is 11.3 Å². The van der Waals surface area contributed by atoms with E-state index in [1.165, 1.54) is 23.9 Å². The molecule has 0 spiro atoms. The van der Waals surface area contributed by atoms with Crippen molar-refractivity contribution in [1.82, 2.24) is 19.7 Å². The topological polar surface area (TPSA) is 94.2 Å². The Morgan fingerprint density at radius 1 is 1.03 bits per heavy atom. The van der Waals surface area contributed by atoms with Crippen molar-refractivity contribution >= 4 is 23.4 Å². The predicted molar refractivity (Wildman–Crippen MR) is 114 cm³/mol. The van der Waals surface area contributed by atoms with Gasteiger partial charge in [-0.25, -0.2) is 0 Å². The van der Waals surface area contributed by atoms with Gasteiger partial charge in [0, 0.05) is 30.8 Å². The van der Waals surface area contributed by atoms with Gasteiger partial charge < -0.3 is 4.90 Å². The van der Waals surface area contributed by atoms with Crippen LogP contribution in [0.15, 0.2) is 59.8 Å². The summed E-state index contributed by atoms with van der Waals surface area (Å²) in [6, 6.07) is 16.2. The molecule has 154 valence electrons. The predicted octanol–water partition coefficient (Wildman–Crippen LogP) is 3.62. The summed E-state index contributed by atoms with van der Waals surface area (Å²) in [6.45, 7) is 2.19. The van der Waals surface area contributed by atoms with E-state index in [0.717, 1.165) is 37.1 Å². The molecule has 0 atom stereocenters. The van der Waals surface area contributed by atoms with Gasteiger partial charge in [0.2, 0.25) is 5.91 Å². The van der Waals surface area contributed by atoms with E-state index in [0.29, 0.717) is 23.3 Å². The Kier molecular flexibility index (Phi) is 6.08. The van der Waals surface area contributed by atoms with E-state index in [2.05, 4.69) is 10.2 Å². The molecule has 2 aromatic carbocycles. The largest absolute Gasteiger partial charge is 0.342 e. The second-order valence-electron chi connectivity index (χ2n) is 7.06. The number of benzene rings is 2. The first-order chi connectivity index (χ1) is 14.6. The maximum absolute atomic E-state index is 12.5. The van der Waals surface area contributed by atoms with Gasteiger partial charge in [0.15, 0.2) is 11.0 Å². The van der Waals surface area contributed by atoms with Crippen molar-refractivity contribution in [3.8, 4) is 11.4 Å². The number of hydrogen-bond donors (Lipinski definition) is 0. The first-order valence-electron chi connectivity index (χ1n) is 9.74. The number of nitro benzene ring substituents is 1. The molecule has 8 nitrogen and oxygen atoms in total. The van der Waals surface area contributed by atoms with E-state index in [-0.39, 0.29) is 11.6 Å². The Morgan fingerprint density at radius 3 is 2.40 bits per heavy atom. The fourth-order valence-corrected chi connectivity index (χ4v) is 4.27. The van der Waals surface area contributed by atoms with Crippen LogP contribution in [0.25, 0.3) is 11.4 Å². The highest BCUT2D eigenvalue weighted by molar-refractivity contribution is 7.99. The normalized spacial score (nSPS) is 13.5. The minimum atomic E-state index is -0.427. The molecule has 1 fully saturated rings. The van der Waals surface area contributed by atoms with Crippen LogP contribution in [0.4, 0.5) is 5.69 Å². The van der Waals surface area contributed by atoms with Gasteiger partial charge in [0.05, 0.1) is 17.2 Å². The molecule has 0 bridgehead atoms. The van der Waals surface area contributed by atoms with Crippen molar-refractivity contribution in [3.05, 3.63) is 70.3 Å². The Labute approximate surface area is 178 Å². The van der Waals surface area contributed by atoms with Gasteiger partial charge in [-0.2, -0.15) is 0 Å². The molecule has 0 N–H and O–H groups in total. The van der Waals surface area contributed by atoms with Crippen LogP contribution in [0.5, 0.6) is 0 Å². The minimum absolute atomic E-state index is 0.0266. The summed E-state index contributed by atoms with van der Waals surface area (Å²) < 4.78 is 1.96. The Balaban J connectivity index is 1.60. The molecule has 9 heteroatoms. The lowest BCUT2D eigenvalue weighted by Crippen LogP contribution is -2.29. The smallest absolute Gasteiger partial charge is 0.269 e. The van der Waals surface area contributed by atoms with Crippen LogP contribution < -0.4 is 0 Å². The first kappa shape index (κ1) is 20.1. The number of nitrogens with zero attached hydrogens (tertiary/aromatic N) is 5. The molecule has 1 saturated heterocycles. The molecule has 2 heterocycles. The summed E-state index contributed by atoms with van der Waals surface area (Å²) in [4.78, 5) is 24.9. The van der Waals surface area contributed by atoms with Gasteiger partial charge >= 0.3 is 0 Å². The summed E-state index contributed by atoms with van der Waals surface area (Å²) >= 11 is 1.37. The third-order valence-electron chi connectivity index (χ3n) is 5.02. The van der Waals surface area contributed by atoms with Crippen LogP contribution >= 0.6 is 11.8 Å². The summed E-state index contributed by atoms with van der Waals surface area (Å²) in [5, 5.41) is 20.3. The summed E-state index contributed by atoms with van der Waals surface area (Å²) in [5.74, 6) is 1.04. The summed E-state index contributed by atoms with van der Waals surface area (Å²) in [7, 11) is 0. The van der Waals surface area contributed by atoms with Crippen molar-refractivity contribution < 1.29 is 9.72 Å². The van der Waals surface area contributed by atoms with E-state index in [1.54, 1.807) is 12.1 Å². The van der Waals surface area contributed by atoms with Gasteiger partial charge in [0.25, 0.3) is 5.69 Å². The number of non-ortho nitro benzene ring substituents is 1. The van der Waals surface area contributed by atoms with Gasteiger partial charge in [-0.3, -0.25) is 19.5 Å². The van der Waals surface area contributed by atoms with Crippen LogP contribution in [0, 0.1) is 10.1 Å². The zero-order valence-electron chi connectivity index (χ0n) is 16.3. The van der Waals surface area contributed by atoms with Crippen molar-refractivity contribution in [1.29, 1.82) is 0 Å². The van der Waals surface area contributed by atoms with Crippen molar-refractivity contribution in [2.24, 2.45) is 0 Å². The Hall–Kier alpha value is -3.20. The third kappa shape index (κ3) is 4.51. The van der Waals surface area contributed by atoms with Gasteiger partial charge in [0.1, 0.15) is 0 Å². The summed E-state index contributed by atoms with van der Waals surface area (Å²) in [6.07, 6.45) is 2.12. The molecular formula is C21H21N5O3S. The molecule has 1 amide bonds. The number of rotatable bonds is 7. The Bertz CT molecular complexity index is 1030. The molecule has 0 unspecified atom stereocenters. The van der Waals surface area contributed by atoms with Crippen LogP contribution in [-0.4, -0.2) is 49.3 Å². The highest BCUT2D eigenvalue weighted by Crippen LogP contribution is 2.27. The van der Waals surface area contributed by atoms with E-state index < -0.39 is 4.92 Å². The third-order valence-corrected chi connectivity index (χ3v) is 5.97. The highest BCUT2D eigenvalue weighted by Gasteiger charge is 2.21. The molecule has 0 radical (unpaired) electrons. The fraction of sp³-hybridized carbons (Fsp3) is 0.286. The number of carbonyl (C=O) groups excluding carboxylic acids is 1. The van der Waals surface area contributed by atoms with E-state index in [9.17, 15) is 14.9 Å². The van der Waals surface area contributed by atoms with Gasteiger partial charge in [-0.1, -0.05) is 42.1 Å². The zero-order chi connectivity index (χ0) is 20.9. The first-order valence-corrected chi connectivity index (χ1v) is 10.7. The van der Waals surface area contributed by atoms with Crippen LogP contribution in [0.2, 0.25) is 0 Å². The lowest BCUT2D eigenvalue weighted by Gasteiger charge is -2.15. The lowest BCUT2D eigenvalue weighted by molar-refractivity contribution is -0.384. The Morgan fingerprint density at radius 2 is 1.73 bits per heavy atom. The quantitative estimate of drug-likeness (QED) is 0.327. The second kappa shape index (κ2) is 9.08. The summed E-state index contributed by atoms with van der Waals surface area (Å²) in [5.41, 5.74) is 1.84. The number of amides is 1. The number of aromatic nitrogens is 3. The number of carbonyl (C=O) groups is 1. The lowest BCUT2D eigenvalue weighted by atomic mass is 10.2. The number of nitro groups is 1. The van der Waals surface area contributed by atoms with Gasteiger partial charge in [-0.15, -0.1) is 10.2 Å². The van der Waals surface area contributed by atoms with E-state index in [1.807, 2.05) is 39.8 Å². The number of hydrogen-bond acceptors (Lipinski definition) is 6. The maximum Gasteiger partial charge on any atom is 0.269 e. The molecule has 1 aliphatic rings. The number of likely N-dealkylation sites (tertiary alicyclic amines) is 1. The highest BCUT2D eigenvalue weighted by atomic mass is 32.2. The van der Waals surface area contributed by atoms with E-state index >= 15 is 0 Å². The van der Waals surface area contributed by atoms with Crippen LogP contribution in [0.1, 0.15) is 18.4 Å². The molecule has 3 aromatic rings. The molecular weight excluding hydrogens is 402 g/mol. The average Bonchev–Trinajstić information content (AvgIpc) is 3.43. The molecule has 30 heavy (non-hydrogen) atoms. The molecule has 4 rings (SSSR count). The fourth-order valence-electron chi connectivity index (χ4n) is 3.43. The zero-order valence-corrected chi connectivity index (χ0v) is 17.1. The monoisotopic (exact) mass is 423 g/mol. The van der Waals surface area contributed by atoms with Crippen molar-refractivity contribution in [2.75, 3.05) is 18.8 Å². The van der Waals surface area contributed by atoms with Crippen LogP contribution in [0.3, 0.4) is 0 Å². The molecule has 1 aliphatic heterocycles. The van der Waals surface area contributed by atoms with Crippen molar-refractivity contribution in [3.63, 3.8) is 0 Å². The maximum atomic E-state index is 12.5. The molecule has 0 saturated carbocycles. The average molecular weight is 423 g/mol. The number of thioether (sulfide) groups is 1. The molecule has 0 aliphatic carbocycles. The molecule has 1 aromatic heterocycles. The van der Waals surface area contributed by atoms with Crippen molar-refractivity contribution in [2.45, 2.75) is 24.5 Å². The van der Waals surface area contributed by atoms with Gasteiger partial charge in [-0.05, 0) is 30.5 Å². The standard InChI is InChI=1S/C21H21N5O3S/c27-19(24-12-4-5-13-24)15-30-21-23-22-20(17-8-10-18(11-9-17)26(28)29)25(21)14-16-6-2-1-3-7-16/h1-3,6-11H,4-5,12-15H2. The minimum Gasteiger partial charge on any atom is -0.342 e. The SMILES string of the molecule is O=C(CSc1nnc(-c2ccc([N+](=O)[O-])cc2)n1Cc1ccccc1)N1CCCC1. The second-order valence-corrected chi connectivity index (χ2v) is 8.00.